The molecule has 4 nitrogen and oxygen atoms in total. The Morgan fingerprint density at radius 2 is 1.74 bits per heavy atom. The van der Waals surface area contributed by atoms with Crippen LogP contribution in [0.5, 0.6) is 5.75 Å². The van der Waals surface area contributed by atoms with Crippen molar-refractivity contribution < 1.29 is 14.6 Å². The number of carbonyl (C=O) groups is 1. The van der Waals surface area contributed by atoms with Crippen molar-refractivity contribution in [3.63, 3.8) is 0 Å². The maximum atomic E-state index is 11.0. The largest absolute Gasteiger partial charge is 0.488 e. The van der Waals surface area contributed by atoms with Crippen molar-refractivity contribution in [2.24, 2.45) is 5.92 Å². The van der Waals surface area contributed by atoms with E-state index >= 15 is 0 Å². The minimum Gasteiger partial charge on any atom is -0.488 e. The van der Waals surface area contributed by atoms with Crippen LogP contribution in [-0.2, 0) is 17.9 Å². The number of ether oxygens (including phenoxy) is 1. The summed E-state index contributed by atoms with van der Waals surface area (Å²) in [5, 5.41) is 9.91. The molecule has 2 aromatic carbocycles. The number of benzene rings is 2. The summed E-state index contributed by atoms with van der Waals surface area (Å²) >= 11 is 6.63. The van der Waals surface area contributed by atoms with Crippen LogP contribution < -0.4 is 4.74 Å². The van der Waals surface area contributed by atoms with Crippen LogP contribution in [0.3, 0.4) is 0 Å². The minimum atomic E-state index is -0.695. The highest BCUT2D eigenvalue weighted by Crippen LogP contribution is 2.37. The zero-order valence-electron chi connectivity index (χ0n) is 18.5. The Morgan fingerprint density at radius 3 is 2.35 bits per heavy atom. The number of aryl methyl sites for hydroxylation is 2. The van der Waals surface area contributed by atoms with Gasteiger partial charge in [0.25, 0.3) is 0 Å². The number of carboxylic acid groups (broad SMARTS) is 1. The summed E-state index contributed by atoms with van der Waals surface area (Å²) in [6.07, 6.45) is 6.44. The van der Waals surface area contributed by atoms with E-state index in [0.29, 0.717) is 25.6 Å². The Kier molecular flexibility index (Phi) is 6.88. The first-order valence-electron chi connectivity index (χ1n) is 11.4. The van der Waals surface area contributed by atoms with Gasteiger partial charge in [0.1, 0.15) is 12.4 Å². The number of hydrogen-bond acceptors (Lipinski definition) is 3. The highest BCUT2D eigenvalue weighted by Gasteiger charge is 2.32. The van der Waals surface area contributed by atoms with E-state index in [0.717, 1.165) is 34.0 Å². The second kappa shape index (κ2) is 9.62. The van der Waals surface area contributed by atoms with Crippen LogP contribution in [0, 0.1) is 19.8 Å². The van der Waals surface area contributed by atoms with Crippen LogP contribution in [0.4, 0.5) is 0 Å². The lowest BCUT2D eigenvalue weighted by Gasteiger charge is -2.36. The van der Waals surface area contributed by atoms with Gasteiger partial charge >= 0.3 is 5.97 Å². The van der Waals surface area contributed by atoms with E-state index in [1.54, 1.807) is 0 Å². The number of aliphatic carboxylic acids is 1. The zero-order chi connectivity index (χ0) is 22.0. The summed E-state index contributed by atoms with van der Waals surface area (Å²) in [5.74, 6) is 0.606. The van der Waals surface area contributed by atoms with Crippen LogP contribution in [0.2, 0.25) is 5.02 Å². The normalized spacial score (nSPS) is 18.0. The molecule has 1 aliphatic carbocycles. The van der Waals surface area contributed by atoms with Gasteiger partial charge in [-0.05, 0) is 66.5 Å². The van der Waals surface area contributed by atoms with Crippen molar-refractivity contribution in [3.8, 4) is 5.75 Å². The van der Waals surface area contributed by atoms with Crippen molar-refractivity contribution in [3.05, 3.63) is 63.2 Å². The number of halogens is 1. The SMILES string of the molecule is Cc1cc(CN2CC(C(=O)O)C2)cc(C)c1OCc1ccc(C2CCCCC2)c(Cl)c1. The molecule has 4 rings (SSSR count). The van der Waals surface area contributed by atoms with Gasteiger partial charge in [-0.3, -0.25) is 9.69 Å². The van der Waals surface area contributed by atoms with E-state index in [-0.39, 0.29) is 5.92 Å². The first-order valence-corrected chi connectivity index (χ1v) is 11.7. The topological polar surface area (TPSA) is 49.8 Å². The molecule has 2 fully saturated rings. The Labute approximate surface area is 190 Å². The van der Waals surface area contributed by atoms with Gasteiger partial charge in [0, 0.05) is 24.7 Å². The second-order valence-corrected chi connectivity index (χ2v) is 9.67. The van der Waals surface area contributed by atoms with Crippen LogP contribution in [0.15, 0.2) is 30.3 Å². The molecule has 2 aliphatic rings. The molecule has 1 heterocycles. The van der Waals surface area contributed by atoms with Crippen molar-refractivity contribution in [2.45, 2.75) is 65.0 Å². The fraction of sp³-hybridized carbons (Fsp3) is 0.500. The Balaban J connectivity index is 1.37. The highest BCUT2D eigenvalue weighted by atomic mass is 35.5. The van der Waals surface area contributed by atoms with Gasteiger partial charge in [-0.15, -0.1) is 0 Å². The predicted molar refractivity (Wildman–Crippen MR) is 124 cm³/mol. The number of nitrogens with zero attached hydrogens (tertiary/aromatic N) is 1. The van der Waals surface area contributed by atoms with Crippen LogP contribution in [0.1, 0.15) is 65.8 Å². The lowest BCUT2D eigenvalue weighted by atomic mass is 9.84. The molecule has 0 aromatic heterocycles. The summed E-state index contributed by atoms with van der Waals surface area (Å²) in [6.45, 7) is 6.68. The molecular formula is C26H32ClNO3. The fourth-order valence-corrected chi connectivity index (χ4v) is 5.39. The molecule has 0 bridgehead atoms. The zero-order valence-corrected chi connectivity index (χ0v) is 19.3. The van der Waals surface area contributed by atoms with Gasteiger partial charge in [0.15, 0.2) is 0 Å². The van der Waals surface area contributed by atoms with Gasteiger partial charge in [-0.2, -0.15) is 0 Å². The highest BCUT2D eigenvalue weighted by molar-refractivity contribution is 6.31. The summed E-state index contributed by atoms with van der Waals surface area (Å²) in [6, 6.07) is 10.7. The van der Waals surface area contributed by atoms with Crippen molar-refractivity contribution in [2.75, 3.05) is 13.1 Å². The van der Waals surface area contributed by atoms with Crippen molar-refractivity contribution in [1.29, 1.82) is 0 Å². The van der Waals surface area contributed by atoms with E-state index in [1.807, 2.05) is 0 Å². The minimum absolute atomic E-state index is 0.221. The summed E-state index contributed by atoms with van der Waals surface area (Å²) in [7, 11) is 0. The standard InChI is InChI=1S/C26H32ClNO3/c1-17-10-20(13-28-14-22(15-28)26(29)30)11-18(2)25(17)31-16-19-8-9-23(24(27)12-19)21-6-4-3-5-7-21/h8-12,21-22H,3-7,13-16H2,1-2H3,(H,29,30). The van der Waals surface area contributed by atoms with Gasteiger partial charge < -0.3 is 9.84 Å². The third-order valence-corrected chi connectivity index (χ3v) is 7.05. The van der Waals surface area contributed by atoms with Gasteiger partial charge in [0.05, 0.1) is 5.92 Å². The predicted octanol–water partition coefficient (Wildman–Crippen LogP) is 6.10. The van der Waals surface area contributed by atoms with Gasteiger partial charge in [-0.25, -0.2) is 0 Å². The summed E-state index contributed by atoms with van der Waals surface area (Å²) in [5.41, 5.74) is 5.79. The third kappa shape index (κ3) is 5.24. The van der Waals surface area contributed by atoms with E-state index < -0.39 is 5.97 Å². The fourth-order valence-electron chi connectivity index (χ4n) is 5.03. The number of hydrogen-bond donors (Lipinski definition) is 1. The van der Waals surface area contributed by atoms with Gasteiger partial charge in [0.2, 0.25) is 0 Å². The van der Waals surface area contributed by atoms with E-state index in [1.165, 1.54) is 43.2 Å². The third-order valence-electron chi connectivity index (χ3n) is 6.73. The second-order valence-electron chi connectivity index (χ2n) is 9.27. The van der Waals surface area contributed by atoms with Crippen LogP contribution in [0.25, 0.3) is 0 Å². The Bertz CT molecular complexity index is 923. The number of rotatable bonds is 7. The van der Waals surface area contributed by atoms with Gasteiger partial charge in [-0.1, -0.05) is 55.1 Å². The quantitative estimate of drug-likeness (QED) is 0.564. The van der Waals surface area contributed by atoms with Crippen molar-refractivity contribution >= 4 is 17.6 Å². The lowest BCUT2D eigenvalue weighted by Crippen LogP contribution is -2.49. The van der Waals surface area contributed by atoms with E-state index in [2.05, 4.69) is 49.1 Å². The molecule has 1 saturated carbocycles. The van der Waals surface area contributed by atoms with Crippen LogP contribution in [-0.4, -0.2) is 29.1 Å². The van der Waals surface area contributed by atoms with E-state index in [9.17, 15) is 4.79 Å². The van der Waals surface area contributed by atoms with Crippen molar-refractivity contribution in [1.82, 2.24) is 4.90 Å². The van der Waals surface area contributed by atoms with E-state index in [4.69, 9.17) is 21.4 Å². The summed E-state index contributed by atoms with van der Waals surface area (Å²) < 4.78 is 6.19. The molecule has 166 valence electrons. The molecule has 0 spiro atoms. The molecule has 1 saturated heterocycles. The first kappa shape index (κ1) is 22.2. The maximum absolute atomic E-state index is 11.0. The molecule has 0 radical (unpaired) electrons. The summed E-state index contributed by atoms with van der Waals surface area (Å²) in [4.78, 5) is 13.2. The Morgan fingerprint density at radius 1 is 1.06 bits per heavy atom. The molecule has 1 aliphatic heterocycles. The molecule has 0 atom stereocenters. The maximum Gasteiger partial charge on any atom is 0.309 e. The molecule has 0 amide bonds. The molecule has 31 heavy (non-hydrogen) atoms. The average molecular weight is 442 g/mol. The van der Waals surface area contributed by atoms with Crippen LogP contribution >= 0.6 is 11.6 Å². The monoisotopic (exact) mass is 441 g/mol. The number of likely N-dealkylation sites (tertiary alicyclic amines) is 1. The molecule has 5 heteroatoms. The molecule has 2 aromatic rings. The number of carboxylic acids is 1. The average Bonchev–Trinajstić information content (AvgIpc) is 2.70. The Hall–Kier alpha value is -2.04. The molecule has 1 N–H and O–H groups in total. The smallest absolute Gasteiger partial charge is 0.309 e. The molecule has 0 unspecified atom stereocenters. The first-order chi connectivity index (χ1) is 14.9. The molecular weight excluding hydrogens is 410 g/mol. The lowest BCUT2D eigenvalue weighted by molar-refractivity contribution is -0.147.